The lowest BCUT2D eigenvalue weighted by atomic mass is 9.82. The second kappa shape index (κ2) is 10.1. The fraction of sp³-hybridized carbons (Fsp3) is 0.273. The smallest absolute Gasteiger partial charge is 0.321 e. The topological polar surface area (TPSA) is 89.3 Å². The Balaban J connectivity index is 1.55. The Kier molecular flexibility index (Phi) is 7.47. The highest BCUT2D eigenvalue weighted by Gasteiger charge is 2.26. The molecule has 2 amide bonds. The van der Waals surface area contributed by atoms with Gasteiger partial charge in [0.25, 0.3) is 0 Å². The minimum atomic E-state index is -0.291. The van der Waals surface area contributed by atoms with Crippen LogP contribution in [0.25, 0.3) is 0 Å². The third-order valence-electron chi connectivity index (χ3n) is 4.69. The summed E-state index contributed by atoms with van der Waals surface area (Å²) in [6, 6.07) is 15.5. The van der Waals surface area contributed by atoms with Gasteiger partial charge in [0.2, 0.25) is 0 Å². The average molecular weight is 489 g/mol. The molecule has 1 heterocycles. The Bertz CT molecular complexity index is 972. The van der Waals surface area contributed by atoms with E-state index in [4.69, 9.17) is 10.5 Å². The molecule has 4 N–H and O–H groups in total. The summed E-state index contributed by atoms with van der Waals surface area (Å²) in [4.78, 5) is 16.9. The van der Waals surface area contributed by atoms with Crippen molar-refractivity contribution < 1.29 is 9.53 Å². The van der Waals surface area contributed by atoms with Gasteiger partial charge in [0.15, 0.2) is 5.13 Å². The quantitative estimate of drug-likeness (QED) is 0.420. The van der Waals surface area contributed by atoms with Crippen LogP contribution in [0, 0.1) is 0 Å². The number of halogens is 1. The van der Waals surface area contributed by atoms with Crippen molar-refractivity contribution in [3.8, 4) is 5.75 Å². The Morgan fingerprint density at radius 1 is 1.17 bits per heavy atom. The van der Waals surface area contributed by atoms with E-state index < -0.39 is 0 Å². The first-order valence-electron chi connectivity index (χ1n) is 9.57. The van der Waals surface area contributed by atoms with Crippen molar-refractivity contribution in [1.29, 1.82) is 0 Å². The van der Waals surface area contributed by atoms with Crippen LogP contribution in [-0.2, 0) is 12.0 Å². The second-order valence-corrected chi connectivity index (χ2v) is 9.03. The minimum absolute atomic E-state index is 0.263. The van der Waals surface area contributed by atoms with Gasteiger partial charge in [0.05, 0.1) is 5.69 Å². The van der Waals surface area contributed by atoms with Crippen LogP contribution in [0.15, 0.2) is 58.4 Å². The number of urea groups is 1. The number of nitrogens with two attached hydrogens (primary N) is 1. The molecule has 0 fully saturated rings. The summed E-state index contributed by atoms with van der Waals surface area (Å²) in [5.74, 6) is 0.761. The van der Waals surface area contributed by atoms with E-state index in [1.165, 1.54) is 11.3 Å². The number of anilines is 1. The first-order valence-corrected chi connectivity index (χ1v) is 11.2. The molecule has 0 saturated carbocycles. The lowest BCUT2D eigenvalue weighted by Crippen LogP contribution is -2.28. The molecule has 3 aromatic rings. The predicted octanol–water partition coefficient (Wildman–Crippen LogP) is 4.89. The third-order valence-corrected chi connectivity index (χ3v) is 5.98. The molecule has 0 spiro atoms. The molecule has 0 bridgehead atoms. The maximum absolute atomic E-state index is 12.3. The molecule has 0 aliphatic rings. The van der Waals surface area contributed by atoms with Crippen LogP contribution in [0.3, 0.4) is 0 Å². The van der Waals surface area contributed by atoms with E-state index in [2.05, 4.69) is 57.5 Å². The predicted molar refractivity (Wildman–Crippen MR) is 125 cm³/mol. The number of amides is 2. The zero-order chi connectivity index (χ0) is 21.6. The van der Waals surface area contributed by atoms with E-state index in [0.717, 1.165) is 27.0 Å². The Morgan fingerprint density at radius 3 is 2.53 bits per heavy atom. The molecule has 0 unspecified atom stereocenters. The Hall–Kier alpha value is -2.42. The van der Waals surface area contributed by atoms with Crippen LogP contribution in [0.1, 0.15) is 30.7 Å². The van der Waals surface area contributed by atoms with Crippen molar-refractivity contribution in [3.05, 3.63) is 75.2 Å². The third kappa shape index (κ3) is 5.81. The van der Waals surface area contributed by atoms with Crippen molar-refractivity contribution in [2.75, 3.05) is 18.5 Å². The van der Waals surface area contributed by atoms with Gasteiger partial charge in [-0.3, -0.25) is 5.32 Å². The molecule has 0 saturated heterocycles. The van der Waals surface area contributed by atoms with E-state index >= 15 is 0 Å². The van der Waals surface area contributed by atoms with Crippen LogP contribution in [0.2, 0.25) is 0 Å². The number of thiazole rings is 1. The SMILES string of the molecule is CC(C)(c1ccc(Br)cc1)c1csc(NC(=O)NCc2ccc(OCCN)cc2)n1. The number of benzene rings is 2. The molecule has 0 aliphatic carbocycles. The van der Waals surface area contributed by atoms with E-state index in [0.29, 0.717) is 24.8 Å². The van der Waals surface area contributed by atoms with E-state index in [1.807, 2.05) is 41.8 Å². The highest BCUT2D eigenvalue weighted by molar-refractivity contribution is 9.10. The number of hydrogen-bond acceptors (Lipinski definition) is 5. The summed E-state index contributed by atoms with van der Waals surface area (Å²) in [6.45, 7) is 5.61. The van der Waals surface area contributed by atoms with Crippen LogP contribution in [0.4, 0.5) is 9.93 Å². The molecule has 0 atom stereocenters. The van der Waals surface area contributed by atoms with Crippen molar-refractivity contribution in [1.82, 2.24) is 10.3 Å². The molecule has 6 nitrogen and oxygen atoms in total. The van der Waals surface area contributed by atoms with Gasteiger partial charge in [-0.25, -0.2) is 9.78 Å². The first-order chi connectivity index (χ1) is 14.4. The molecule has 30 heavy (non-hydrogen) atoms. The number of ether oxygens (including phenoxy) is 1. The number of nitrogens with zero attached hydrogens (tertiary/aromatic N) is 1. The molecular formula is C22H25BrN4O2S. The first kappa shape index (κ1) is 22.3. The fourth-order valence-corrected chi connectivity index (χ4v) is 3.97. The van der Waals surface area contributed by atoms with E-state index in [9.17, 15) is 4.79 Å². The Morgan fingerprint density at radius 2 is 1.87 bits per heavy atom. The van der Waals surface area contributed by atoms with Gasteiger partial charge in [-0.15, -0.1) is 11.3 Å². The molecule has 0 aliphatic heterocycles. The van der Waals surface area contributed by atoms with E-state index in [-0.39, 0.29) is 11.4 Å². The van der Waals surface area contributed by atoms with Crippen molar-refractivity contribution in [2.45, 2.75) is 25.8 Å². The molecule has 3 rings (SSSR count). The van der Waals surface area contributed by atoms with Gasteiger partial charge < -0.3 is 15.8 Å². The van der Waals surface area contributed by atoms with Gasteiger partial charge in [-0.05, 0) is 35.4 Å². The second-order valence-electron chi connectivity index (χ2n) is 7.26. The summed E-state index contributed by atoms with van der Waals surface area (Å²) < 4.78 is 6.49. The lowest BCUT2D eigenvalue weighted by Gasteiger charge is -2.23. The summed E-state index contributed by atoms with van der Waals surface area (Å²) in [6.07, 6.45) is 0. The largest absolute Gasteiger partial charge is 0.492 e. The number of carbonyl (C=O) groups excluding carboxylic acids is 1. The molecule has 2 aromatic carbocycles. The van der Waals surface area contributed by atoms with E-state index in [1.54, 1.807) is 0 Å². The number of nitrogens with one attached hydrogen (secondary N) is 2. The molecule has 1 aromatic heterocycles. The van der Waals surface area contributed by atoms with Gasteiger partial charge in [-0.2, -0.15) is 0 Å². The summed E-state index contributed by atoms with van der Waals surface area (Å²) in [7, 11) is 0. The van der Waals surface area contributed by atoms with Crippen LogP contribution >= 0.6 is 27.3 Å². The van der Waals surface area contributed by atoms with Crippen LogP contribution < -0.4 is 21.1 Å². The normalized spacial score (nSPS) is 11.2. The fourth-order valence-electron chi connectivity index (χ4n) is 2.84. The van der Waals surface area contributed by atoms with Crippen molar-refractivity contribution >= 4 is 38.4 Å². The summed E-state index contributed by atoms with van der Waals surface area (Å²) in [5.41, 5.74) is 8.21. The maximum Gasteiger partial charge on any atom is 0.321 e. The molecule has 0 radical (unpaired) electrons. The minimum Gasteiger partial charge on any atom is -0.492 e. The number of rotatable bonds is 8. The lowest BCUT2D eigenvalue weighted by molar-refractivity contribution is 0.251. The van der Waals surface area contributed by atoms with Crippen molar-refractivity contribution in [2.24, 2.45) is 5.73 Å². The molecular weight excluding hydrogens is 464 g/mol. The summed E-state index contributed by atoms with van der Waals surface area (Å²) >= 11 is 4.88. The standard InChI is InChI=1S/C22H25BrN4O2S/c1-22(2,16-5-7-17(23)8-6-16)19-14-30-21(26-19)27-20(28)25-13-15-3-9-18(10-4-15)29-12-11-24/h3-10,14H,11-13,24H2,1-2H3,(H2,25,26,27,28). The number of aromatic nitrogens is 1. The summed E-state index contributed by atoms with van der Waals surface area (Å²) in [5, 5.41) is 8.21. The zero-order valence-electron chi connectivity index (χ0n) is 16.9. The monoisotopic (exact) mass is 488 g/mol. The highest BCUT2D eigenvalue weighted by atomic mass is 79.9. The van der Waals surface area contributed by atoms with Crippen LogP contribution in [0.5, 0.6) is 5.75 Å². The number of carbonyl (C=O) groups is 1. The molecule has 158 valence electrons. The Labute approximate surface area is 189 Å². The van der Waals surface area contributed by atoms with Gasteiger partial charge in [0.1, 0.15) is 12.4 Å². The van der Waals surface area contributed by atoms with Gasteiger partial charge >= 0.3 is 6.03 Å². The van der Waals surface area contributed by atoms with Gasteiger partial charge in [-0.1, -0.05) is 54.0 Å². The zero-order valence-corrected chi connectivity index (χ0v) is 19.3. The maximum atomic E-state index is 12.3. The highest BCUT2D eigenvalue weighted by Crippen LogP contribution is 2.34. The average Bonchev–Trinajstić information content (AvgIpc) is 3.21. The van der Waals surface area contributed by atoms with Crippen molar-refractivity contribution in [3.63, 3.8) is 0 Å². The molecule has 8 heteroatoms. The van der Waals surface area contributed by atoms with Crippen LogP contribution in [-0.4, -0.2) is 24.2 Å². The van der Waals surface area contributed by atoms with Gasteiger partial charge in [0, 0.05) is 28.4 Å². The number of hydrogen-bond donors (Lipinski definition) is 3.